The van der Waals surface area contributed by atoms with E-state index in [-0.39, 0.29) is 0 Å². The number of ether oxygens (including phenoxy) is 1. The lowest BCUT2D eigenvalue weighted by molar-refractivity contribution is 0.0633. The summed E-state index contributed by atoms with van der Waals surface area (Å²) in [5, 5.41) is 6.74. The molecule has 3 unspecified atom stereocenters. The maximum Gasteiger partial charge on any atom is 0.229 e. The van der Waals surface area contributed by atoms with E-state index in [2.05, 4.69) is 87.0 Å². The van der Waals surface area contributed by atoms with E-state index in [1.54, 1.807) is 32.0 Å². The largest absolute Gasteiger partial charge is 0.494 e. The molecule has 3 fully saturated rings. The van der Waals surface area contributed by atoms with Gasteiger partial charge in [-0.3, -0.25) is 14.9 Å². The second kappa shape index (κ2) is 13.5. The van der Waals surface area contributed by atoms with Gasteiger partial charge >= 0.3 is 0 Å². The first-order valence-corrected chi connectivity index (χ1v) is 18.4. The standard InChI is InChI=1S/C33H41BrN10O2S/c1-20-15-26(28(46-3)16-27(20)44-18-21-5-6-22(19-44)31(21)43-13-11-42(2)12-14-43)39-33-37-17-23(34)32(40-33)38-25-8-7-24-29(36-10-9-35-24)30(25)41-47(4)45/h7-10,15-17,21-22,31,41H,5-6,11-14,18-19H2,1-4H3,(H2,37,38,39,40)/t21-,22?,31?,47?/m1/s1. The number of rotatable bonds is 9. The summed E-state index contributed by atoms with van der Waals surface area (Å²) in [4.78, 5) is 25.9. The van der Waals surface area contributed by atoms with Gasteiger partial charge in [0.2, 0.25) is 5.95 Å². The number of nitrogens with one attached hydrogen (secondary N) is 3. The van der Waals surface area contributed by atoms with Crippen LogP contribution in [-0.2, 0) is 11.0 Å². The summed E-state index contributed by atoms with van der Waals surface area (Å²) in [7, 11) is 2.61. The molecule has 14 heteroatoms. The topological polar surface area (TPSA) is 124 Å². The molecule has 2 aliphatic heterocycles. The molecule has 4 heterocycles. The molecule has 2 aromatic carbocycles. The number of anilines is 6. The van der Waals surface area contributed by atoms with Gasteiger partial charge in [0.05, 0.1) is 34.2 Å². The lowest BCUT2D eigenvalue weighted by Gasteiger charge is -2.47. The molecule has 4 aromatic rings. The second-order valence-corrected chi connectivity index (χ2v) is 14.7. The van der Waals surface area contributed by atoms with Gasteiger partial charge in [0.15, 0.2) is 0 Å². The first-order valence-electron chi connectivity index (χ1n) is 16.0. The quantitative estimate of drug-likeness (QED) is 0.213. The molecule has 0 spiro atoms. The highest BCUT2D eigenvalue weighted by Gasteiger charge is 2.45. The Labute approximate surface area is 286 Å². The highest BCUT2D eigenvalue weighted by Crippen LogP contribution is 2.44. The third-order valence-electron chi connectivity index (χ3n) is 9.73. The average Bonchev–Trinajstić information content (AvgIpc) is 3.32. The van der Waals surface area contributed by atoms with Crippen molar-refractivity contribution in [3.05, 3.63) is 52.9 Å². The third kappa shape index (κ3) is 6.60. The van der Waals surface area contributed by atoms with E-state index in [1.807, 2.05) is 12.1 Å². The molecule has 7 rings (SSSR count). The Hall–Kier alpha value is -3.59. The minimum absolute atomic E-state index is 0.404. The number of likely N-dealkylation sites (N-methyl/N-ethyl adjacent to an activating group) is 1. The normalized spacial score (nSPS) is 22.3. The van der Waals surface area contributed by atoms with Crippen molar-refractivity contribution >= 4 is 72.5 Å². The maximum absolute atomic E-state index is 12.2. The van der Waals surface area contributed by atoms with Crippen LogP contribution in [0.1, 0.15) is 18.4 Å². The van der Waals surface area contributed by atoms with Crippen LogP contribution >= 0.6 is 15.9 Å². The van der Waals surface area contributed by atoms with E-state index in [0.717, 1.165) is 24.5 Å². The summed E-state index contributed by atoms with van der Waals surface area (Å²) in [6.07, 6.45) is 9.13. The Bertz CT molecular complexity index is 1790. The Kier molecular flexibility index (Phi) is 9.18. The van der Waals surface area contributed by atoms with Crippen molar-refractivity contribution in [3.63, 3.8) is 0 Å². The van der Waals surface area contributed by atoms with Crippen LogP contribution in [-0.4, -0.2) is 99.7 Å². The van der Waals surface area contributed by atoms with E-state index in [0.29, 0.717) is 56.5 Å². The van der Waals surface area contributed by atoms with Gasteiger partial charge in [-0.1, -0.05) is 0 Å². The van der Waals surface area contributed by atoms with Crippen LogP contribution in [0.25, 0.3) is 11.0 Å². The van der Waals surface area contributed by atoms with Gasteiger partial charge in [-0.15, -0.1) is 0 Å². The number of piperidine rings is 1. The number of aryl methyl sites for hydroxylation is 1. The van der Waals surface area contributed by atoms with Crippen molar-refractivity contribution in [2.75, 3.05) is 79.9 Å². The lowest BCUT2D eigenvalue weighted by atomic mass is 9.89. The van der Waals surface area contributed by atoms with Crippen molar-refractivity contribution in [1.82, 2.24) is 29.7 Å². The lowest BCUT2D eigenvalue weighted by Crippen LogP contribution is -2.57. The fourth-order valence-corrected chi connectivity index (χ4v) is 8.33. The summed E-state index contributed by atoms with van der Waals surface area (Å²) in [5.74, 6) is 3.07. The summed E-state index contributed by atoms with van der Waals surface area (Å²) in [6.45, 7) is 9.04. The van der Waals surface area contributed by atoms with Crippen molar-refractivity contribution < 1.29 is 8.95 Å². The van der Waals surface area contributed by atoms with Gasteiger partial charge in [0.25, 0.3) is 0 Å². The van der Waals surface area contributed by atoms with Gasteiger partial charge in [-0.05, 0) is 78.3 Å². The first-order chi connectivity index (χ1) is 22.8. The summed E-state index contributed by atoms with van der Waals surface area (Å²) in [5.41, 5.74) is 5.73. The first kappa shape index (κ1) is 32.0. The van der Waals surface area contributed by atoms with Crippen LogP contribution in [0.3, 0.4) is 0 Å². The van der Waals surface area contributed by atoms with Crippen molar-refractivity contribution in [2.24, 2.45) is 11.8 Å². The van der Waals surface area contributed by atoms with Crippen molar-refractivity contribution in [1.29, 1.82) is 0 Å². The molecular formula is C33H41BrN10O2S. The fraction of sp³-hybridized carbons (Fsp3) is 0.455. The average molecular weight is 722 g/mol. The molecule has 4 atom stereocenters. The summed E-state index contributed by atoms with van der Waals surface area (Å²) in [6, 6.07) is 8.71. The zero-order chi connectivity index (χ0) is 32.7. The Morgan fingerprint density at radius 1 is 0.979 bits per heavy atom. The zero-order valence-corrected chi connectivity index (χ0v) is 29.6. The molecule has 12 nitrogen and oxygen atoms in total. The molecular weight excluding hydrogens is 680 g/mol. The minimum atomic E-state index is -1.33. The van der Waals surface area contributed by atoms with Crippen LogP contribution in [0.4, 0.5) is 34.5 Å². The van der Waals surface area contributed by atoms with Gasteiger partial charge < -0.3 is 29.9 Å². The van der Waals surface area contributed by atoms with Crippen LogP contribution in [0.2, 0.25) is 0 Å². The smallest absolute Gasteiger partial charge is 0.229 e. The summed E-state index contributed by atoms with van der Waals surface area (Å²) < 4.78 is 21.8. The fourth-order valence-electron chi connectivity index (χ4n) is 7.54. The number of hydrogen-bond acceptors (Lipinski definition) is 11. The van der Waals surface area contributed by atoms with Crippen molar-refractivity contribution in [2.45, 2.75) is 25.8 Å². The highest BCUT2D eigenvalue weighted by molar-refractivity contribution is 9.10. The Morgan fingerprint density at radius 3 is 2.45 bits per heavy atom. The van der Waals surface area contributed by atoms with E-state index >= 15 is 0 Å². The number of fused-ring (bicyclic) bond motifs is 3. The number of halogens is 1. The number of methoxy groups -OCH3 is 1. The molecule has 0 amide bonds. The van der Waals surface area contributed by atoms with E-state index in [9.17, 15) is 4.21 Å². The van der Waals surface area contributed by atoms with Gasteiger partial charge in [-0.25, -0.2) is 9.19 Å². The zero-order valence-electron chi connectivity index (χ0n) is 27.2. The number of benzene rings is 2. The van der Waals surface area contributed by atoms with Crippen LogP contribution < -0.4 is 25.0 Å². The second-order valence-electron chi connectivity index (χ2n) is 12.8. The number of nitrogens with zero attached hydrogens (tertiary/aromatic N) is 7. The SMILES string of the molecule is COc1cc(N2CC3CC[C@H](C2)C3N2CCN(C)CC2)c(C)cc1Nc1ncc(Br)c(Nc2ccc3nccnc3c2NS(C)=O)n1. The Morgan fingerprint density at radius 2 is 1.72 bits per heavy atom. The molecule has 47 heavy (non-hydrogen) atoms. The molecule has 2 aromatic heterocycles. The maximum atomic E-state index is 12.2. The van der Waals surface area contributed by atoms with E-state index in [4.69, 9.17) is 9.72 Å². The van der Waals surface area contributed by atoms with Crippen LogP contribution in [0, 0.1) is 18.8 Å². The van der Waals surface area contributed by atoms with Gasteiger partial charge in [0, 0.05) is 81.9 Å². The van der Waals surface area contributed by atoms with E-state index in [1.165, 1.54) is 50.3 Å². The number of hydrogen-bond donors (Lipinski definition) is 3. The molecule has 248 valence electrons. The van der Waals surface area contributed by atoms with Crippen LogP contribution in [0.5, 0.6) is 5.75 Å². The molecule has 1 aliphatic carbocycles. The minimum Gasteiger partial charge on any atom is -0.494 e. The molecule has 1 saturated carbocycles. The van der Waals surface area contributed by atoms with Gasteiger partial charge in [0.1, 0.15) is 28.1 Å². The molecule has 3 N–H and O–H groups in total. The van der Waals surface area contributed by atoms with E-state index < -0.39 is 11.0 Å². The summed E-state index contributed by atoms with van der Waals surface area (Å²) >= 11 is 3.58. The molecule has 3 aliphatic rings. The predicted molar refractivity (Wildman–Crippen MR) is 193 cm³/mol. The van der Waals surface area contributed by atoms with Gasteiger partial charge in [-0.2, -0.15) is 4.98 Å². The molecule has 2 saturated heterocycles. The number of aromatic nitrogens is 4. The van der Waals surface area contributed by atoms with Crippen molar-refractivity contribution in [3.8, 4) is 5.75 Å². The molecule has 2 bridgehead atoms. The molecule has 0 radical (unpaired) electrons. The highest BCUT2D eigenvalue weighted by atomic mass is 79.9. The Balaban J connectivity index is 1.11. The van der Waals surface area contributed by atoms with Crippen LogP contribution in [0.15, 0.2) is 47.3 Å². The monoisotopic (exact) mass is 720 g/mol. The predicted octanol–water partition coefficient (Wildman–Crippen LogP) is 5.15. The third-order valence-corrected chi connectivity index (χ3v) is 10.8. The number of piperazine rings is 1.